The van der Waals surface area contributed by atoms with Gasteiger partial charge < -0.3 is 4.74 Å². The quantitative estimate of drug-likeness (QED) is 0.626. The topological polar surface area (TPSA) is 47.3 Å². The Morgan fingerprint density at radius 3 is 2.45 bits per heavy atom. The standard InChI is InChI=1S/C17H22N2O/c1-3-6-13-7-4-8-14(11-13)17(19-18)15-9-5-10-16(12-15)20-2/h4-5,7-12,17,19H,3,6,18H2,1-2H3. The molecule has 3 heteroatoms. The van der Waals surface area contributed by atoms with Gasteiger partial charge in [0.25, 0.3) is 0 Å². The highest BCUT2D eigenvalue weighted by Gasteiger charge is 2.13. The smallest absolute Gasteiger partial charge is 0.119 e. The normalized spacial score (nSPS) is 12.2. The van der Waals surface area contributed by atoms with Gasteiger partial charge in [0.15, 0.2) is 0 Å². The molecule has 3 N–H and O–H groups in total. The summed E-state index contributed by atoms with van der Waals surface area (Å²) in [6.45, 7) is 2.19. The zero-order valence-electron chi connectivity index (χ0n) is 12.1. The highest BCUT2D eigenvalue weighted by atomic mass is 16.5. The third-order valence-electron chi connectivity index (χ3n) is 3.42. The lowest BCUT2D eigenvalue weighted by Gasteiger charge is -2.18. The first-order chi connectivity index (χ1) is 9.78. The predicted octanol–water partition coefficient (Wildman–Crippen LogP) is 3.20. The molecule has 0 spiro atoms. The van der Waals surface area contributed by atoms with E-state index in [0.717, 1.165) is 24.2 Å². The highest BCUT2D eigenvalue weighted by Crippen LogP contribution is 2.25. The lowest BCUT2D eigenvalue weighted by atomic mass is 9.96. The molecule has 0 aliphatic heterocycles. The van der Waals surface area contributed by atoms with Crippen LogP contribution in [0.5, 0.6) is 5.75 Å². The number of hydrogen-bond donors (Lipinski definition) is 2. The van der Waals surface area contributed by atoms with Crippen LogP contribution in [0, 0.1) is 0 Å². The minimum Gasteiger partial charge on any atom is -0.497 e. The second-order valence-corrected chi connectivity index (χ2v) is 4.87. The fourth-order valence-corrected chi connectivity index (χ4v) is 2.42. The van der Waals surface area contributed by atoms with Crippen molar-refractivity contribution in [2.24, 2.45) is 5.84 Å². The number of benzene rings is 2. The lowest BCUT2D eigenvalue weighted by molar-refractivity contribution is 0.413. The van der Waals surface area contributed by atoms with E-state index in [0.29, 0.717) is 0 Å². The molecule has 106 valence electrons. The molecule has 0 bridgehead atoms. The molecule has 0 heterocycles. The van der Waals surface area contributed by atoms with Crippen molar-refractivity contribution in [3.05, 3.63) is 65.2 Å². The largest absolute Gasteiger partial charge is 0.497 e. The van der Waals surface area contributed by atoms with E-state index in [1.165, 1.54) is 11.1 Å². The summed E-state index contributed by atoms with van der Waals surface area (Å²) in [5.41, 5.74) is 6.51. The molecule has 0 saturated carbocycles. The number of aryl methyl sites for hydroxylation is 1. The van der Waals surface area contributed by atoms with Gasteiger partial charge in [-0.3, -0.25) is 5.84 Å². The molecular weight excluding hydrogens is 248 g/mol. The first kappa shape index (κ1) is 14.6. The molecular formula is C17H22N2O. The lowest BCUT2D eigenvalue weighted by Crippen LogP contribution is -2.28. The van der Waals surface area contributed by atoms with Crippen LogP contribution in [-0.2, 0) is 6.42 Å². The summed E-state index contributed by atoms with van der Waals surface area (Å²) in [5.74, 6) is 6.60. The van der Waals surface area contributed by atoms with Crippen LogP contribution < -0.4 is 16.0 Å². The van der Waals surface area contributed by atoms with Crippen molar-refractivity contribution in [3.63, 3.8) is 0 Å². The van der Waals surface area contributed by atoms with Gasteiger partial charge in [-0.05, 0) is 35.2 Å². The molecule has 0 amide bonds. The maximum absolute atomic E-state index is 5.76. The molecule has 0 fully saturated rings. The van der Waals surface area contributed by atoms with Gasteiger partial charge in [-0.1, -0.05) is 49.7 Å². The van der Waals surface area contributed by atoms with Crippen LogP contribution >= 0.6 is 0 Å². The minimum atomic E-state index is -0.0260. The van der Waals surface area contributed by atoms with E-state index < -0.39 is 0 Å². The van der Waals surface area contributed by atoms with Crippen LogP contribution in [0.3, 0.4) is 0 Å². The third kappa shape index (κ3) is 3.38. The summed E-state index contributed by atoms with van der Waals surface area (Å²) in [7, 11) is 1.67. The van der Waals surface area contributed by atoms with Crippen LogP contribution in [0.4, 0.5) is 0 Å². The Bertz CT molecular complexity index is 554. The monoisotopic (exact) mass is 270 g/mol. The molecule has 0 aliphatic rings. The molecule has 2 aromatic carbocycles. The molecule has 0 aromatic heterocycles. The van der Waals surface area contributed by atoms with E-state index >= 15 is 0 Å². The van der Waals surface area contributed by atoms with Crippen molar-refractivity contribution in [3.8, 4) is 5.75 Å². The second-order valence-electron chi connectivity index (χ2n) is 4.87. The number of ether oxygens (including phenoxy) is 1. The molecule has 3 nitrogen and oxygen atoms in total. The summed E-state index contributed by atoms with van der Waals surface area (Å²) in [5, 5.41) is 0. The first-order valence-electron chi connectivity index (χ1n) is 6.97. The van der Waals surface area contributed by atoms with Crippen molar-refractivity contribution in [2.45, 2.75) is 25.8 Å². The van der Waals surface area contributed by atoms with Gasteiger partial charge in [0.05, 0.1) is 13.2 Å². The average Bonchev–Trinajstić information content (AvgIpc) is 2.49. The molecule has 1 unspecified atom stereocenters. The van der Waals surface area contributed by atoms with Crippen LogP contribution in [0.2, 0.25) is 0 Å². The number of hydrazine groups is 1. The summed E-state index contributed by atoms with van der Waals surface area (Å²) < 4.78 is 5.28. The van der Waals surface area contributed by atoms with Gasteiger partial charge >= 0.3 is 0 Å². The number of rotatable bonds is 6. The van der Waals surface area contributed by atoms with Gasteiger partial charge in [-0.15, -0.1) is 0 Å². The fourth-order valence-electron chi connectivity index (χ4n) is 2.42. The summed E-state index contributed by atoms with van der Waals surface area (Å²) in [6, 6.07) is 16.5. The Morgan fingerprint density at radius 1 is 1.10 bits per heavy atom. The maximum Gasteiger partial charge on any atom is 0.119 e. The first-order valence-corrected chi connectivity index (χ1v) is 6.97. The van der Waals surface area contributed by atoms with Crippen molar-refractivity contribution in [2.75, 3.05) is 7.11 Å². The predicted molar refractivity (Wildman–Crippen MR) is 82.6 cm³/mol. The molecule has 1 atom stereocenters. The number of methoxy groups -OCH3 is 1. The minimum absolute atomic E-state index is 0.0260. The molecule has 2 aromatic rings. The Morgan fingerprint density at radius 2 is 1.80 bits per heavy atom. The van der Waals surface area contributed by atoms with E-state index in [4.69, 9.17) is 10.6 Å². The van der Waals surface area contributed by atoms with Gasteiger partial charge in [0.2, 0.25) is 0 Å². The number of nitrogens with two attached hydrogens (primary N) is 1. The van der Waals surface area contributed by atoms with Crippen LogP contribution in [0.1, 0.15) is 36.1 Å². The maximum atomic E-state index is 5.76. The van der Waals surface area contributed by atoms with Crippen LogP contribution in [-0.4, -0.2) is 7.11 Å². The second kappa shape index (κ2) is 7.08. The van der Waals surface area contributed by atoms with E-state index in [1.54, 1.807) is 7.11 Å². The molecule has 2 rings (SSSR count). The van der Waals surface area contributed by atoms with Crippen molar-refractivity contribution < 1.29 is 4.74 Å². The Labute approximate surface area is 120 Å². The van der Waals surface area contributed by atoms with Gasteiger partial charge in [-0.25, -0.2) is 5.43 Å². The Balaban J connectivity index is 2.33. The number of nitrogens with one attached hydrogen (secondary N) is 1. The Kier molecular flexibility index (Phi) is 5.16. The van der Waals surface area contributed by atoms with E-state index in [2.05, 4.69) is 42.7 Å². The van der Waals surface area contributed by atoms with E-state index in [9.17, 15) is 0 Å². The fraction of sp³-hybridized carbons (Fsp3) is 0.294. The average molecular weight is 270 g/mol. The molecule has 0 saturated heterocycles. The number of hydrogen-bond acceptors (Lipinski definition) is 3. The molecule has 0 radical (unpaired) electrons. The van der Waals surface area contributed by atoms with Gasteiger partial charge in [0.1, 0.15) is 5.75 Å². The Hall–Kier alpha value is -1.84. The van der Waals surface area contributed by atoms with Crippen molar-refractivity contribution >= 4 is 0 Å². The van der Waals surface area contributed by atoms with Gasteiger partial charge in [0, 0.05) is 0 Å². The molecule has 20 heavy (non-hydrogen) atoms. The SMILES string of the molecule is CCCc1cccc(C(NN)c2cccc(OC)c2)c1. The third-order valence-corrected chi connectivity index (χ3v) is 3.42. The van der Waals surface area contributed by atoms with E-state index in [-0.39, 0.29) is 6.04 Å². The van der Waals surface area contributed by atoms with E-state index in [1.807, 2.05) is 18.2 Å². The highest BCUT2D eigenvalue weighted by molar-refractivity contribution is 5.38. The zero-order chi connectivity index (χ0) is 14.4. The summed E-state index contributed by atoms with van der Waals surface area (Å²) in [4.78, 5) is 0. The van der Waals surface area contributed by atoms with Crippen molar-refractivity contribution in [1.82, 2.24) is 5.43 Å². The van der Waals surface area contributed by atoms with Crippen LogP contribution in [0.15, 0.2) is 48.5 Å². The van der Waals surface area contributed by atoms with Crippen molar-refractivity contribution in [1.29, 1.82) is 0 Å². The molecule has 0 aliphatic carbocycles. The van der Waals surface area contributed by atoms with Gasteiger partial charge in [-0.2, -0.15) is 0 Å². The summed E-state index contributed by atoms with van der Waals surface area (Å²) in [6.07, 6.45) is 2.23. The van der Waals surface area contributed by atoms with Crippen LogP contribution in [0.25, 0.3) is 0 Å². The summed E-state index contributed by atoms with van der Waals surface area (Å²) >= 11 is 0. The zero-order valence-corrected chi connectivity index (χ0v) is 12.1.